The highest BCUT2D eigenvalue weighted by Gasteiger charge is 2.35. The van der Waals surface area contributed by atoms with Gasteiger partial charge in [0, 0.05) is 13.1 Å². The fourth-order valence-electron chi connectivity index (χ4n) is 1.61. The molecule has 1 aromatic heterocycles. The van der Waals surface area contributed by atoms with Crippen molar-refractivity contribution in [2.75, 3.05) is 13.1 Å². The summed E-state index contributed by atoms with van der Waals surface area (Å²) in [5.74, 6) is -1.37. The fourth-order valence-corrected chi connectivity index (χ4v) is 4.38. The maximum absolute atomic E-state index is 12.1. The number of hydrogen-bond acceptors (Lipinski definition) is 6. The Morgan fingerprint density at radius 2 is 2.29 bits per heavy atom. The van der Waals surface area contributed by atoms with Gasteiger partial charge in [0.25, 0.3) is 10.0 Å². The highest BCUT2D eigenvalue weighted by molar-refractivity contribution is 7.91. The van der Waals surface area contributed by atoms with Gasteiger partial charge in [-0.3, -0.25) is 0 Å². The first kappa shape index (κ1) is 12.4. The number of carboxylic acid groups (broad SMARTS) is 1. The molecule has 0 spiro atoms. The Balaban J connectivity index is 2.38. The molecule has 1 saturated heterocycles. The van der Waals surface area contributed by atoms with E-state index in [2.05, 4.69) is 4.98 Å². The molecule has 2 rings (SSSR count). The first-order valence-electron chi connectivity index (χ1n) is 4.78. The summed E-state index contributed by atoms with van der Waals surface area (Å²) in [6, 6.07) is 0. The third kappa shape index (κ3) is 2.18. The summed E-state index contributed by atoms with van der Waals surface area (Å²) in [5, 5.41) is 18.1. The average molecular weight is 278 g/mol. The lowest BCUT2D eigenvalue weighted by Crippen LogP contribution is -2.30. The predicted molar refractivity (Wildman–Crippen MR) is 58.5 cm³/mol. The van der Waals surface area contributed by atoms with Crippen molar-refractivity contribution in [1.82, 2.24) is 9.29 Å². The number of hydrogen-bond donors (Lipinski definition) is 2. The molecule has 0 amide bonds. The van der Waals surface area contributed by atoms with Crippen LogP contribution in [0.3, 0.4) is 0 Å². The zero-order valence-electron chi connectivity index (χ0n) is 8.61. The van der Waals surface area contributed by atoms with Crippen LogP contribution < -0.4 is 0 Å². The molecule has 1 aliphatic heterocycles. The van der Waals surface area contributed by atoms with E-state index in [4.69, 9.17) is 5.11 Å². The van der Waals surface area contributed by atoms with Gasteiger partial charge in [-0.1, -0.05) is 0 Å². The Kier molecular flexibility index (Phi) is 3.17. The lowest BCUT2D eigenvalue weighted by atomic mass is 10.3. The second-order valence-electron chi connectivity index (χ2n) is 3.60. The van der Waals surface area contributed by atoms with Gasteiger partial charge in [0.05, 0.1) is 11.6 Å². The number of carbonyl (C=O) groups is 1. The minimum Gasteiger partial charge on any atom is -0.476 e. The Morgan fingerprint density at radius 1 is 1.59 bits per heavy atom. The molecule has 9 heteroatoms. The first-order valence-corrected chi connectivity index (χ1v) is 7.10. The number of nitrogens with zero attached hydrogens (tertiary/aromatic N) is 2. The van der Waals surface area contributed by atoms with Gasteiger partial charge in [-0.25, -0.2) is 18.2 Å². The van der Waals surface area contributed by atoms with Crippen LogP contribution in [0.15, 0.2) is 9.72 Å². The number of β-amino-alcohol motifs (C(OH)–C–C–N with tert-alkyl or cyclic N) is 1. The van der Waals surface area contributed by atoms with E-state index in [0.29, 0.717) is 6.42 Å². The number of aliphatic hydroxyl groups is 1. The van der Waals surface area contributed by atoms with Gasteiger partial charge >= 0.3 is 5.97 Å². The summed E-state index contributed by atoms with van der Waals surface area (Å²) in [5.41, 5.74) is 0.722. The van der Waals surface area contributed by atoms with E-state index in [1.54, 1.807) is 0 Å². The van der Waals surface area contributed by atoms with Crippen molar-refractivity contribution in [1.29, 1.82) is 0 Å². The minimum absolute atomic E-state index is 0.000702. The molecule has 17 heavy (non-hydrogen) atoms. The Labute approximate surface area is 101 Å². The standard InChI is InChI=1S/C8H10N2O5S2/c11-5-1-2-10(3-5)17(14,15)8-6(7(12)13)9-4-16-8/h4-5,11H,1-3H2,(H,12,13)/t5-/m0/s1. The van der Waals surface area contributed by atoms with Crippen LogP contribution in [-0.2, 0) is 10.0 Å². The SMILES string of the molecule is O=C(O)c1ncsc1S(=O)(=O)N1CC[C@H](O)C1. The van der Waals surface area contributed by atoms with Crippen LogP contribution >= 0.6 is 11.3 Å². The van der Waals surface area contributed by atoms with Crippen molar-refractivity contribution in [3.63, 3.8) is 0 Å². The molecule has 1 aromatic rings. The molecule has 0 bridgehead atoms. The van der Waals surface area contributed by atoms with E-state index in [9.17, 15) is 18.3 Å². The van der Waals surface area contributed by atoms with E-state index >= 15 is 0 Å². The summed E-state index contributed by atoms with van der Waals surface area (Å²) < 4.78 is 25.0. The minimum atomic E-state index is -3.86. The smallest absolute Gasteiger partial charge is 0.356 e. The van der Waals surface area contributed by atoms with Crippen molar-refractivity contribution < 1.29 is 23.4 Å². The highest BCUT2D eigenvalue weighted by Crippen LogP contribution is 2.26. The number of carboxylic acids is 1. The molecule has 1 fully saturated rings. The summed E-state index contributed by atoms with van der Waals surface area (Å²) in [7, 11) is -3.86. The zero-order valence-corrected chi connectivity index (χ0v) is 10.2. The summed E-state index contributed by atoms with van der Waals surface area (Å²) in [6.45, 7) is 0.194. The van der Waals surface area contributed by atoms with Crippen LogP contribution in [0, 0.1) is 0 Å². The second kappa shape index (κ2) is 4.33. The lowest BCUT2D eigenvalue weighted by molar-refractivity contribution is 0.0687. The van der Waals surface area contributed by atoms with Crippen LogP contribution in [0.4, 0.5) is 0 Å². The Hall–Kier alpha value is -1.03. The molecule has 94 valence electrons. The molecule has 7 nitrogen and oxygen atoms in total. The molecule has 2 heterocycles. The molecule has 1 aliphatic rings. The highest BCUT2D eigenvalue weighted by atomic mass is 32.2. The second-order valence-corrected chi connectivity index (χ2v) is 6.59. The third-order valence-electron chi connectivity index (χ3n) is 2.44. The van der Waals surface area contributed by atoms with Gasteiger partial charge in [-0.05, 0) is 6.42 Å². The molecule has 0 aromatic carbocycles. The number of aliphatic hydroxyl groups excluding tert-OH is 1. The zero-order chi connectivity index (χ0) is 12.6. The molecular weight excluding hydrogens is 268 g/mol. The van der Waals surface area contributed by atoms with E-state index < -0.39 is 27.8 Å². The Morgan fingerprint density at radius 3 is 2.82 bits per heavy atom. The van der Waals surface area contributed by atoms with E-state index in [0.717, 1.165) is 15.6 Å². The maximum atomic E-state index is 12.1. The maximum Gasteiger partial charge on any atom is 0.356 e. The summed E-state index contributed by atoms with van der Waals surface area (Å²) in [6.07, 6.45) is -0.327. The van der Waals surface area contributed by atoms with Gasteiger partial charge in [0.15, 0.2) is 9.90 Å². The van der Waals surface area contributed by atoms with Gasteiger partial charge in [-0.15, -0.1) is 11.3 Å². The topological polar surface area (TPSA) is 108 Å². The van der Waals surface area contributed by atoms with Crippen LogP contribution in [0.25, 0.3) is 0 Å². The van der Waals surface area contributed by atoms with Crippen LogP contribution in [0.1, 0.15) is 16.9 Å². The van der Waals surface area contributed by atoms with E-state index in [1.807, 2.05) is 0 Å². The van der Waals surface area contributed by atoms with Crippen LogP contribution in [-0.4, -0.2) is 53.1 Å². The predicted octanol–water partition coefficient (Wildman–Crippen LogP) is -0.403. The number of aromatic nitrogens is 1. The monoisotopic (exact) mass is 278 g/mol. The van der Waals surface area contributed by atoms with Gasteiger partial charge in [-0.2, -0.15) is 4.31 Å². The van der Waals surface area contributed by atoms with E-state index in [1.165, 1.54) is 5.51 Å². The molecule has 0 saturated carbocycles. The normalized spacial score (nSPS) is 21.8. The van der Waals surface area contributed by atoms with Gasteiger partial charge in [0.1, 0.15) is 0 Å². The van der Waals surface area contributed by atoms with Crippen molar-refractivity contribution in [3.05, 3.63) is 11.2 Å². The van der Waals surface area contributed by atoms with E-state index in [-0.39, 0.29) is 17.3 Å². The van der Waals surface area contributed by atoms with Crippen LogP contribution in [0.2, 0.25) is 0 Å². The largest absolute Gasteiger partial charge is 0.476 e. The number of aromatic carboxylic acids is 1. The molecule has 1 atom stereocenters. The van der Waals surface area contributed by atoms with Gasteiger partial charge in [0.2, 0.25) is 0 Å². The van der Waals surface area contributed by atoms with Crippen LogP contribution in [0.5, 0.6) is 0 Å². The molecule has 0 unspecified atom stereocenters. The summed E-state index contributed by atoms with van der Waals surface area (Å²) >= 11 is 0.770. The fraction of sp³-hybridized carbons (Fsp3) is 0.500. The van der Waals surface area contributed by atoms with Crippen molar-refractivity contribution >= 4 is 27.3 Å². The third-order valence-corrected chi connectivity index (χ3v) is 5.65. The quantitative estimate of drug-likeness (QED) is 0.778. The molecule has 0 aliphatic carbocycles. The van der Waals surface area contributed by atoms with Gasteiger partial charge < -0.3 is 10.2 Å². The molecular formula is C8H10N2O5S2. The Bertz CT molecular complexity index is 538. The number of sulfonamides is 1. The van der Waals surface area contributed by atoms with Crippen molar-refractivity contribution in [2.24, 2.45) is 0 Å². The summed E-state index contributed by atoms with van der Waals surface area (Å²) in [4.78, 5) is 14.3. The van der Waals surface area contributed by atoms with Crippen molar-refractivity contribution in [2.45, 2.75) is 16.7 Å². The van der Waals surface area contributed by atoms with Crippen molar-refractivity contribution in [3.8, 4) is 0 Å². The number of rotatable bonds is 3. The first-order chi connectivity index (χ1) is 7.93. The lowest BCUT2D eigenvalue weighted by Gasteiger charge is -2.14. The molecule has 0 radical (unpaired) electrons. The number of thiazole rings is 1. The average Bonchev–Trinajstić information content (AvgIpc) is 2.84. The molecule has 2 N–H and O–H groups in total.